The quantitative estimate of drug-likeness (QED) is 0.208. The molecule has 2 aromatic rings. The van der Waals surface area contributed by atoms with Crippen molar-refractivity contribution in [2.24, 2.45) is 4.99 Å². The van der Waals surface area contributed by atoms with Gasteiger partial charge in [0.2, 0.25) is 0 Å². The zero-order valence-corrected chi connectivity index (χ0v) is 21.9. The first-order valence-corrected chi connectivity index (χ1v) is 12.4. The van der Waals surface area contributed by atoms with E-state index in [0.29, 0.717) is 6.04 Å². The van der Waals surface area contributed by atoms with Crippen LogP contribution in [0.5, 0.6) is 0 Å². The van der Waals surface area contributed by atoms with Gasteiger partial charge in [0.05, 0.1) is 24.5 Å². The number of guanidine groups is 1. The third-order valence-corrected chi connectivity index (χ3v) is 6.83. The summed E-state index contributed by atoms with van der Waals surface area (Å²) in [5.41, 5.74) is 0. The number of ether oxygens (including phenoxy) is 1. The Morgan fingerprint density at radius 3 is 2.69 bits per heavy atom. The van der Waals surface area contributed by atoms with Gasteiger partial charge in [-0.05, 0) is 48.9 Å². The predicted octanol–water partition coefficient (Wildman–Crippen LogP) is 3.43. The lowest BCUT2D eigenvalue weighted by molar-refractivity contribution is 0.0377. The second-order valence-corrected chi connectivity index (χ2v) is 9.08. The Labute approximate surface area is 212 Å². The molecule has 178 valence electrons. The minimum atomic E-state index is 0. The van der Waals surface area contributed by atoms with Crippen LogP contribution in [0.15, 0.2) is 45.3 Å². The highest BCUT2D eigenvalue weighted by Crippen LogP contribution is 2.24. The molecule has 2 saturated heterocycles. The lowest BCUT2D eigenvalue weighted by Gasteiger charge is -2.33. The van der Waals surface area contributed by atoms with Gasteiger partial charge in [0.1, 0.15) is 5.76 Å². The van der Waals surface area contributed by atoms with Gasteiger partial charge in [-0.3, -0.25) is 9.89 Å². The van der Waals surface area contributed by atoms with E-state index in [-0.39, 0.29) is 24.0 Å². The monoisotopic (exact) mass is 573 g/mol. The molecule has 7 nitrogen and oxygen atoms in total. The smallest absolute Gasteiger partial charge is 0.191 e. The normalized spacial score (nSPS) is 18.4. The summed E-state index contributed by atoms with van der Waals surface area (Å²) in [7, 11) is 0. The molecular weight excluding hydrogens is 537 g/mol. The summed E-state index contributed by atoms with van der Waals surface area (Å²) in [5, 5.41) is 10.7. The van der Waals surface area contributed by atoms with Crippen LogP contribution in [-0.2, 0) is 11.2 Å². The van der Waals surface area contributed by atoms with Gasteiger partial charge in [-0.2, -0.15) is 0 Å². The molecule has 9 heteroatoms. The van der Waals surface area contributed by atoms with E-state index in [1.807, 2.05) is 23.5 Å². The van der Waals surface area contributed by atoms with E-state index >= 15 is 0 Å². The second-order valence-electron chi connectivity index (χ2n) is 8.15. The average Bonchev–Trinajstić information content (AvgIpc) is 3.52. The first-order valence-electron chi connectivity index (χ1n) is 11.5. The number of nitrogens with one attached hydrogen (secondary N) is 2. The van der Waals surface area contributed by atoms with E-state index in [9.17, 15) is 0 Å². The number of furan rings is 1. The van der Waals surface area contributed by atoms with Crippen LogP contribution >= 0.6 is 35.3 Å². The molecule has 4 heterocycles. The minimum Gasteiger partial charge on any atom is -0.469 e. The van der Waals surface area contributed by atoms with E-state index < -0.39 is 0 Å². The maximum atomic E-state index is 5.46. The first kappa shape index (κ1) is 25.3. The maximum Gasteiger partial charge on any atom is 0.191 e. The van der Waals surface area contributed by atoms with Gasteiger partial charge in [0.15, 0.2) is 5.96 Å². The average molecular weight is 574 g/mol. The number of thiophene rings is 1. The summed E-state index contributed by atoms with van der Waals surface area (Å²) in [6, 6.07) is 8.78. The lowest BCUT2D eigenvalue weighted by Crippen LogP contribution is -2.49. The molecule has 0 radical (unpaired) electrons. The predicted molar refractivity (Wildman–Crippen MR) is 143 cm³/mol. The molecule has 2 aliphatic heterocycles. The van der Waals surface area contributed by atoms with Gasteiger partial charge in [-0.25, -0.2) is 0 Å². The number of anilines is 1. The molecule has 0 aromatic carbocycles. The van der Waals surface area contributed by atoms with E-state index in [2.05, 4.69) is 37.9 Å². The van der Waals surface area contributed by atoms with Crippen LogP contribution < -0.4 is 15.5 Å². The van der Waals surface area contributed by atoms with Crippen molar-refractivity contribution in [3.8, 4) is 0 Å². The largest absolute Gasteiger partial charge is 0.469 e. The molecule has 0 spiro atoms. The fraction of sp³-hybridized carbons (Fsp3) is 0.609. The van der Waals surface area contributed by atoms with E-state index in [1.54, 1.807) is 6.26 Å². The Hall–Kier alpha value is -1.30. The Morgan fingerprint density at radius 2 is 1.97 bits per heavy atom. The molecule has 0 saturated carbocycles. The summed E-state index contributed by atoms with van der Waals surface area (Å²) >= 11 is 1.83. The summed E-state index contributed by atoms with van der Waals surface area (Å²) in [4.78, 5) is 9.85. The molecule has 2 fully saturated rings. The Morgan fingerprint density at radius 1 is 1.12 bits per heavy atom. The van der Waals surface area contributed by atoms with Crippen LogP contribution in [-0.4, -0.2) is 75.9 Å². The zero-order valence-electron chi connectivity index (χ0n) is 18.7. The summed E-state index contributed by atoms with van der Waals surface area (Å²) in [6.07, 6.45) is 5.92. The molecule has 2 aromatic heterocycles. The van der Waals surface area contributed by atoms with Gasteiger partial charge >= 0.3 is 0 Å². The van der Waals surface area contributed by atoms with Gasteiger partial charge in [0.25, 0.3) is 0 Å². The van der Waals surface area contributed by atoms with Crippen molar-refractivity contribution in [3.05, 3.63) is 41.7 Å². The van der Waals surface area contributed by atoms with Crippen molar-refractivity contribution in [1.29, 1.82) is 0 Å². The van der Waals surface area contributed by atoms with Crippen molar-refractivity contribution in [3.63, 3.8) is 0 Å². The molecule has 0 unspecified atom stereocenters. The van der Waals surface area contributed by atoms with Crippen molar-refractivity contribution < 1.29 is 9.15 Å². The van der Waals surface area contributed by atoms with Gasteiger partial charge in [-0.1, -0.05) is 0 Å². The Kier molecular flexibility index (Phi) is 11.1. The van der Waals surface area contributed by atoms with Crippen LogP contribution in [0, 0.1) is 0 Å². The first-order chi connectivity index (χ1) is 15.4. The van der Waals surface area contributed by atoms with Crippen molar-refractivity contribution in [2.45, 2.75) is 31.7 Å². The van der Waals surface area contributed by atoms with Crippen LogP contribution in [0.4, 0.5) is 5.00 Å². The molecular formula is C23H36IN5O2S. The van der Waals surface area contributed by atoms with Crippen LogP contribution in [0.25, 0.3) is 0 Å². The van der Waals surface area contributed by atoms with Crippen LogP contribution in [0.1, 0.15) is 25.0 Å². The van der Waals surface area contributed by atoms with Gasteiger partial charge < -0.3 is 24.7 Å². The van der Waals surface area contributed by atoms with Crippen molar-refractivity contribution in [2.75, 3.05) is 63.9 Å². The topological polar surface area (TPSA) is 65.3 Å². The SMILES string of the molecule is I.c1coc(CCNC(=NCCCN2CCOCC2)NC2CCN(c3cccs3)CC2)c1. The highest BCUT2D eigenvalue weighted by Gasteiger charge is 2.20. The molecule has 0 aliphatic carbocycles. The Bertz CT molecular complexity index is 757. The maximum absolute atomic E-state index is 5.46. The number of aliphatic imine (C=N–C) groups is 1. The number of hydrogen-bond donors (Lipinski definition) is 2. The molecule has 32 heavy (non-hydrogen) atoms. The fourth-order valence-electron chi connectivity index (χ4n) is 4.11. The molecule has 0 bridgehead atoms. The highest BCUT2D eigenvalue weighted by molar-refractivity contribution is 14.0. The third kappa shape index (κ3) is 8.24. The zero-order chi connectivity index (χ0) is 21.1. The van der Waals surface area contributed by atoms with Crippen LogP contribution in [0.2, 0.25) is 0 Å². The molecule has 2 N–H and O–H groups in total. The number of morpholine rings is 1. The van der Waals surface area contributed by atoms with Crippen molar-refractivity contribution >= 4 is 46.3 Å². The summed E-state index contributed by atoms with van der Waals surface area (Å²) in [5.74, 6) is 1.94. The number of piperidine rings is 1. The number of hydrogen-bond acceptors (Lipinski definition) is 6. The molecule has 2 aliphatic rings. The number of nitrogens with zero attached hydrogens (tertiary/aromatic N) is 3. The minimum absolute atomic E-state index is 0. The Balaban J connectivity index is 0.00000289. The summed E-state index contributed by atoms with van der Waals surface area (Å²) < 4.78 is 10.9. The standard InChI is InChI=1S/C23H35N5O2S.HI/c1-4-21(30-16-1)6-10-25-23(24-9-3-11-27-14-17-29-18-15-27)26-20-7-12-28(13-8-20)22-5-2-19-31-22;/h1-2,4-5,16,19-20H,3,6-15,17-18H2,(H2,24,25,26);1H. The van der Waals surface area contributed by atoms with E-state index in [4.69, 9.17) is 14.1 Å². The molecule has 0 amide bonds. The van der Waals surface area contributed by atoms with Gasteiger partial charge in [0, 0.05) is 58.3 Å². The van der Waals surface area contributed by atoms with Gasteiger partial charge in [-0.15, -0.1) is 35.3 Å². The van der Waals surface area contributed by atoms with E-state index in [1.165, 1.54) is 5.00 Å². The number of rotatable bonds is 9. The lowest BCUT2D eigenvalue weighted by atomic mass is 10.1. The van der Waals surface area contributed by atoms with Crippen molar-refractivity contribution in [1.82, 2.24) is 15.5 Å². The van der Waals surface area contributed by atoms with E-state index in [0.717, 1.165) is 96.4 Å². The third-order valence-electron chi connectivity index (χ3n) is 5.90. The molecule has 0 atom stereocenters. The summed E-state index contributed by atoms with van der Waals surface area (Å²) in [6.45, 7) is 8.72. The highest BCUT2D eigenvalue weighted by atomic mass is 127. The molecule has 4 rings (SSSR count). The second kappa shape index (κ2) is 14.1. The fourth-order valence-corrected chi connectivity index (χ4v) is 4.89. The number of halogens is 1. The van der Waals surface area contributed by atoms with Crippen LogP contribution in [0.3, 0.4) is 0 Å².